The van der Waals surface area contributed by atoms with Crippen molar-refractivity contribution in [2.24, 2.45) is 11.7 Å². The van der Waals surface area contributed by atoms with E-state index in [0.717, 1.165) is 38.2 Å². The van der Waals surface area contributed by atoms with Gasteiger partial charge in [0.1, 0.15) is 0 Å². The fraction of sp³-hybridized carbons (Fsp3) is 0.571. The van der Waals surface area contributed by atoms with Gasteiger partial charge >= 0.3 is 0 Å². The Hall–Kier alpha value is -1.42. The third kappa shape index (κ3) is 3.07. The summed E-state index contributed by atoms with van der Waals surface area (Å²) in [7, 11) is 0. The molecule has 0 saturated carbocycles. The first kappa shape index (κ1) is 13.0. The Kier molecular flexibility index (Phi) is 3.97. The van der Waals surface area contributed by atoms with Crippen LogP contribution < -0.4 is 5.73 Å². The van der Waals surface area contributed by atoms with Gasteiger partial charge < -0.3 is 5.73 Å². The third-order valence-electron chi connectivity index (χ3n) is 3.69. The van der Waals surface area contributed by atoms with E-state index < -0.39 is 0 Å². The zero-order valence-corrected chi connectivity index (χ0v) is 11.1. The molecule has 2 heterocycles. The van der Waals surface area contributed by atoms with E-state index in [0.29, 0.717) is 0 Å². The number of likely N-dealkylation sites (tertiary alicyclic amines) is 1. The highest BCUT2D eigenvalue weighted by Crippen LogP contribution is 2.19. The second kappa shape index (κ2) is 5.48. The van der Waals surface area contributed by atoms with Crippen molar-refractivity contribution in [1.82, 2.24) is 9.88 Å². The lowest BCUT2D eigenvalue weighted by Gasteiger charge is -2.30. The van der Waals surface area contributed by atoms with Crippen molar-refractivity contribution in [2.45, 2.75) is 33.2 Å². The first-order valence-corrected chi connectivity index (χ1v) is 6.50. The molecule has 2 N–H and O–H groups in total. The zero-order valence-electron chi connectivity index (χ0n) is 11.1. The Morgan fingerprint density at radius 2 is 2.11 bits per heavy atom. The number of pyridine rings is 1. The molecule has 1 aromatic rings. The average Bonchev–Trinajstić information content (AvgIpc) is 2.33. The monoisotopic (exact) mass is 247 g/mol. The number of piperidine rings is 1. The summed E-state index contributed by atoms with van der Waals surface area (Å²) in [5, 5.41) is 0. The van der Waals surface area contributed by atoms with Gasteiger partial charge in [0.2, 0.25) is 5.91 Å². The molecule has 4 nitrogen and oxygen atoms in total. The summed E-state index contributed by atoms with van der Waals surface area (Å²) in [6.07, 6.45) is 3.67. The maximum absolute atomic E-state index is 11.1. The van der Waals surface area contributed by atoms with Crippen molar-refractivity contribution in [3.8, 4) is 0 Å². The summed E-state index contributed by atoms with van der Waals surface area (Å²) in [4.78, 5) is 17.9. The molecule has 1 aliphatic rings. The number of nitrogens with zero attached hydrogens (tertiary/aromatic N) is 2. The van der Waals surface area contributed by atoms with Crippen LogP contribution in [0.3, 0.4) is 0 Å². The van der Waals surface area contributed by atoms with Gasteiger partial charge in [-0.05, 0) is 50.9 Å². The molecular formula is C14H21N3O. The maximum Gasteiger partial charge on any atom is 0.220 e. The number of primary amides is 1. The van der Waals surface area contributed by atoms with Crippen LogP contribution >= 0.6 is 0 Å². The molecule has 1 amide bonds. The van der Waals surface area contributed by atoms with E-state index in [9.17, 15) is 4.79 Å². The normalized spacial score (nSPS) is 17.9. The molecule has 98 valence electrons. The van der Waals surface area contributed by atoms with Crippen LogP contribution in [-0.4, -0.2) is 28.9 Å². The van der Waals surface area contributed by atoms with Crippen LogP contribution in [0.1, 0.15) is 29.7 Å². The molecule has 0 unspecified atom stereocenters. The summed E-state index contributed by atoms with van der Waals surface area (Å²) >= 11 is 0. The van der Waals surface area contributed by atoms with E-state index in [1.807, 2.05) is 6.20 Å². The molecule has 0 atom stereocenters. The fourth-order valence-electron chi connectivity index (χ4n) is 2.50. The van der Waals surface area contributed by atoms with Gasteiger partial charge in [0.25, 0.3) is 0 Å². The second-order valence-corrected chi connectivity index (χ2v) is 5.23. The largest absolute Gasteiger partial charge is 0.369 e. The van der Waals surface area contributed by atoms with Crippen molar-refractivity contribution < 1.29 is 4.79 Å². The highest BCUT2D eigenvalue weighted by atomic mass is 16.1. The van der Waals surface area contributed by atoms with Crippen molar-refractivity contribution in [2.75, 3.05) is 13.1 Å². The molecule has 1 aliphatic heterocycles. The summed E-state index contributed by atoms with van der Waals surface area (Å²) in [6.45, 7) is 6.90. The Labute approximate surface area is 108 Å². The van der Waals surface area contributed by atoms with Gasteiger partial charge in [0.15, 0.2) is 0 Å². The lowest BCUT2D eigenvalue weighted by molar-refractivity contribution is -0.123. The predicted octanol–water partition coefficient (Wildman–Crippen LogP) is 1.40. The number of nitrogens with two attached hydrogens (primary N) is 1. The van der Waals surface area contributed by atoms with Crippen LogP contribution in [0.4, 0.5) is 0 Å². The lowest BCUT2D eigenvalue weighted by atomic mass is 9.96. The van der Waals surface area contributed by atoms with Crippen LogP contribution in [0.15, 0.2) is 12.3 Å². The molecule has 0 bridgehead atoms. The van der Waals surface area contributed by atoms with E-state index >= 15 is 0 Å². The molecule has 0 aliphatic carbocycles. The van der Waals surface area contributed by atoms with Crippen LogP contribution in [0.2, 0.25) is 0 Å². The molecule has 0 aromatic carbocycles. The number of aromatic nitrogens is 1. The quantitative estimate of drug-likeness (QED) is 0.878. The van der Waals surface area contributed by atoms with Gasteiger partial charge in [-0.1, -0.05) is 6.07 Å². The van der Waals surface area contributed by atoms with E-state index in [4.69, 9.17) is 5.73 Å². The average molecular weight is 247 g/mol. The van der Waals surface area contributed by atoms with Gasteiger partial charge in [-0.2, -0.15) is 0 Å². The highest BCUT2D eigenvalue weighted by Gasteiger charge is 2.23. The van der Waals surface area contributed by atoms with Crippen molar-refractivity contribution in [1.29, 1.82) is 0 Å². The van der Waals surface area contributed by atoms with Crippen LogP contribution in [0.5, 0.6) is 0 Å². The van der Waals surface area contributed by atoms with Crippen LogP contribution in [0.25, 0.3) is 0 Å². The zero-order chi connectivity index (χ0) is 13.1. The smallest absolute Gasteiger partial charge is 0.220 e. The van der Waals surface area contributed by atoms with Crippen LogP contribution in [0, 0.1) is 19.8 Å². The maximum atomic E-state index is 11.1. The minimum Gasteiger partial charge on any atom is -0.369 e. The van der Waals surface area contributed by atoms with Gasteiger partial charge in [-0.15, -0.1) is 0 Å². The first-order chi connectivity index (χ1) is 8.56. The van der Waals surface area contributed by atoms with E-state index in [-0.39, 0.29) is 11.8 Å². The molecule has 2 rings (SSSR count). The minimum absolute atomic E-state index is 0.0633. The Balaban J connectivity index is 1.93. The minimum atomic E-state index is -0.153. The Morgan fingerprint density at radius 3 is 2.67 bits per heavy atom. The number of carbonyl (C=O) groups excluding carboxylic acids is 1. The van der Waals surface area contributed by atoms with Gasteiger partial charge in [0.05, 0.1) is 5.69 Å². The van der Waals surface area contributed by atoms with Crippen molar-refractivity contribution in [3.63, 3.8) is 0 Å². The second-order valence-electron chi connectivity index (χ2n) is 5.23. The fourth-order valence-corrected chi connectivity index (χ4v) is 2.50. The lowest BCUT2D eigenvalue weighted by Crippen LogP contribution is -2.38. The van der Waals surface area contributed by atoms with Gasteiger partial charge in [0, 0.05) is 18.7 Å². The summed E-state index contributed by atoms with van der Waals surface area (Å²) in [6, 6.07) is 2.17. The van der Waals surface area contributed by atoms with E-state index in [2.05, 4.69) is 29.8 Å². The molecule has 4 heteroatoms. The Morgan fingerprint density at radius 1 is 1.44 bits per heavy atom. The Bertz CT molecular complexity index is 437. The van der Waals surface area contributed by atoms with E-state index in [1.165, 1.54) is 11.1 Å². The predicted molar refractivity (Wildman–Crippen MR) is 70.9 cm³/mol. The first-order valence-electron chi connectivity index (χ1n) is 6.50. The number of rotatable bonds is 3. The highest BCUT2D eigenvalue weighted by molar-refractivity contribution is 5.76. The molecule has 1 saturated heterocycles. The number of amides is 1. The standard InChI is InChI=1S/C14H21N3O/c1-10-7-11(2)13(16-8-10)9-17-5-3-12(4-6-17)14(15)18/h7-8,12H,3-6,9H2,1-2H3,(H2,15,18). The molecule has 1 aromatic heterocycles. The SMILES string of the molecule is Cc1cnc(CN2CCC(C(N)=O)CC2)c(C)c1. The molecule has 18 heavy (non-hydrogen) atoms. The van der Waals surface area contributed by atoms with Crippen molar-refractivity contribution in [3.05, 3.63) is 29.1 Å². The van der Waals surface area contributed by atoms with Crippen molar-refractivity contribution >= 4 is 5.91 Å². The topological polar surface area (TPSA) is 59.2 Å². The van der Waals surface area contributed by atoms with E-state index in [1.54, 1.807) is 0 Å². The molecular weight excluding hydrogens is 226 g/mol. The summed E-state index contributed by atoms with van der Waals surface area (Å²) < 4.78 is 0. The number of carbonyl (C=O) groups is 1. The number of hydrogen-bond donors (Lipinski definition) is 1. The number of hydrogen-bond acceptors (Lipinski definition) is 3. The van der Waals surface area contributed by atoms with Crippen LogP contribution in [-0.2, 0) is 11.3 Å². The number of aryl methyl sites for hydroxylation is 2. The molecule has 0 radical (unpaired) electrons. The summed E-state index contributed by atoms with van der Waals surface area (Å²) in [5.74, 6) is -0.0902. The molecule has 0 spiro atoms. The molecule has 1 fully saturated rings. The summed E-state index contributed by atoms with van der Waals surface area (Å²) in [5.41, 5.74) is 8.91. The third-order valence-corrected chi connectivity index (χ3v) is 3.69. The van der Waals surface area contributed by atoms with Gasteiger partial charge in [-0.25, -0.2) is 0 Å². The van der Waals surface area contributed by atoms with Gasteiger partial charge in [-0.3, -0.25) is 14.7 Å².